The van der Waals surface area contributed by atoms with Gasteiger partial charge in [-0.15, -0.1) is 0 Å². The minimum atomic E-state index is -0.629. The van der Waals surface area contributed by atoms with Crippen molar-refractivity contribution in [2.75, 3.05) is 14.2 Å². The lowest BCUT2D eigenvalue weighted by Crippen LogP contribution is -1.97. The molecule has 0 radical (unpaired) electrons. The molecule has 0 spiro atoms. The molecule has 6 nitrogen and oxygen atoms in total. The number of ether oxygens (including phenoxy) is 2. The summed E-state index contributed by atoms with van der Waals surface area (Å²) < 4.78 is 10.3. The van der Waals surface area contributed by atoms with Crippen molar-refractivity contribution in [2.45, 2.75) is 0 Å². The summed E-state index contributed by atoms with van der Waals surface area (Å²) in [5, 5.41) is 10.9. The predicted molar refractivity (Wildman–Crippen MR) is 91.0 cm³/mol. The van der Waals surface area contributed by atoms with Crippen LogP contribution < -0.4 is 9.47 Å². The Balaban J connectivity index is 2.28. The first-order chi connectivity index (χ1) is 11.4. The van der Waals surface area contributed by atoms with Gasteiger partial charge in [-0.05, 0) is 35.9 Å². The summed E-state index contributed by atoms with van der Waals surface area (Å²) in [6.07, 6.45) is 2.90. The van der Waals surface area contributed by atoms with Crippen LogP contribution in [0.3, 0.4) is 0 Å². The molecule has 0 aliphatic rings. The molecule has 124 valence electrons. The molecule has 0 aromatic heterocycles. The van der Waals surface area contributed by atoms with Crippen molar-refractivity contribution in [1.82, 2.24) is 0 Å². The molecule has 0 unspecified atom stereocenters. The normalized spacial score (nSPS) is 10.6. The molecule has 0 N–H and O–H groups in total. The first-order valence-corrected chi connectivity index (χ1v) is 7.22. The molecule has 0 aliphatic carbocycles. The third-order valence-corrected chi connectivity index (χ3v) is 3.55. The molecular formula is C17H14ClNO5. The largest absolute Gasteiger partial charge is 0.497 e. The van der Waals surface area contributed by atoms with E-state index in [-0.39, 0.29) is 22.1 Å². The fraction of sp³-hybridized carbons (Fsp3) is 0.118. The van der Waals surface area contributed by atoms with E-state index in [9.17, 15) is 14.9 Å². The van der Waals surface area contributed by atoms with Gasteiger partial charge in [0.1, 0.15) is 16.5 Å². The maximum atomic E-state index is 12.2. The van der Waals surface area contributed by atoms with E-state index in [1.165, 1.54) is 32.4 Å². The van der Waals surface area contributed by atoms with Crippen LogP contribution in [0.15, 0.2) is 42.5 Å². The molecule has 2 aromatic carbocycles. The molecule has 0 fully saturated rings. The predicted octanol–water partition coefficient (Wildman–Crippen LogP) is 4.16. The molecule has 24 heavy (non-hydrogen) atoms. The van der Waals surface area contributed by atoms with Crippen LogP contribution >= 0.6 is 11.6 Å². The quantitative estimate of drug-likeness (QED) is 0.339. The number of halogens is 1. The van der Waals surface area contributed by atoms with Gasteiger partial charge in [0.15, 0.2) is 5.78 Å². The number of carbonyl (C=O) groups is 1. The van der Waals surface area contributed by atoms with Gasteiger partial charge in [-0.25, -0.2) is 0 Å². The molecule has 0 heterocycles. The van der Waals surface area contributed by atoms with Gasteiger partial charge < -0.3 is 9.47 Å². The van der Waals surface area contributed by atoms with Gasteiger partial charge in [0, 0.05) is 17.7 Å². The minimum absolute atomic E-state index is 0.0157. The topological polar surface area (TPSA) is 78.7 Å². The molecule has 0 saturated heterocycles. The zero-order chi connectivity index (χ0) is 17.7. The zero-order valence-corrected chi connectivity index (χ0v) is 13.7. The molecule has 2 aromatic rings. The third kappa shape index (κ3) is 4.11. The fourth-order valence-electron chi connectivity index (χ4n) is 2.00. The van der Waals surface area contributed by atoms with E-state index in [0.717, 1.165) is 6.07 Å². The molecule has 0 saturated carbocycles. The number of allylic oxidation sites excluding steroid dienone is 1. The zero-order valence-electron chi connectivity index (χ0n) is 13.0. The Hall–Kier alpha value is -2.86. The van der Waals surface area contributed by atoms with E-state index in [1.54, 1.807) is 24.3 Å². The van der Waals surface area contributed by atoms with Gasteiger partial charge in [-0.1, -0.05) is 17.7 Å². The SMILES string of the molecule is COc1cc(/C=C/C(=O)c2ccc(Cl)c([N+](=O)[O-])c2)cc(OC)c1. The number of hydrogen-bond acceptors (Lipinski definition) is 5. The second-order valence-corrected chi connectivity index (χ2v) is 5.17. The Morgan fingerprint density at radius 2 is 1.75 bits per heavy atom. The maximum Gasteiger partial charge on any atom is 0.288 e. The van der Waals surface area contributed by atoms with Gasteiger partial charge in [-0.2, -0.15) is 0 Å². The smallest absolute Gasteiger partial charge is 0.288 e. The van der Waals surface area contributed by atoms with Crippen LogP contribution in [0.2, 0.25) is 5.02 Å². The monoisotopic (exact) mass is 347 g/mol. The first-order valence-electron chi connectivity index (χ1n) is 6.84. The van der Waals surface area contributed by atoms with E-state index >= 15 is 0 Å². The molecule has 2 rings (SSSR count). The number of carbonyl (C=O) groups excluding carboxylic acids is 1. The van der Waals surface area contributed by atoms with Crippen LogP contribution in [-0.2, 0) is 0 Å². The van der Waals surface area contributed by atoms with Crippen LogP contribution in [0.4, 0.5) is 5.69 Å². The maximum absolute atomic E-state index is 12.2. The number of methoxy groups -OCH3 is 2. The van der Waals surface area contributed by atoms with Crippen molar-refractivity contribution in [3.05, 3.63) is 68.7 Å². The summed E-state index contributed by atoms with van der Waals surface area (Å²) in [5.74, 6) is 0.795. The van der Waals surface area contributed by atoms with Crippen LogP contribution in [0, 0.1) is 10.1 Å². The highest BCUT2D eigenvalue weighted by atomic mass is 35.5. The summed E-state index contributed by atoms with van der Waals surface area (Å²) in [5.41, 5.74) is 0.569. The van der Waals surface area contributed by atoms with Gasteiger partial charge in [0.25, 0.3) is 5.69 Å². The van der Waals surface area contributed by atoms with E-state index < -0.39 is 4.92 Å². The highest BCUT2D eigenvalue weighted by Gasteiger charge is 2.15. The average Bonchev–Trinajstić information content (AvgIpc) is 2.59. The van der Waals surface area contributed by atoms with Crippen molar-refractivity contribution in [3.8, 4) is 11.5 Å². The van der Waals surface area contributed by atoms with Crippen molar-refractivity contribution in [2.24, 2.45) is 0 Å². The van der Waals surface area contributed by atoms with E-state index in [0.29, 0.717) is 17.1 Å². The average molecular weight is 348 g/mol. The lowest BCUT2D eigenvalue weighted by atomic mass is 10.1. The van der Waals surface area contributed by atoms with E-state index in [1.807, 2.05) is 0 Å². The number of hydrogen-bond donors (Lipinski definition) is 0. The van der Waals surface area contributed by atoms with Crippen LogP contribution in [-0.4, -0.2) is 24.9 Å². The van der Waals surface area contributed by atoms with Gasteiger partial charge in [0.05, 0.1) is 19.1 Å². The van der Waals surface area contributed by atoms with Gasteiger partial charge >= 0.3 is 0 Å². The fourth-order valence-corrected chi connectivity index (χ4v) is 2.19. The Labute approximate surface area is 143 Å². The van der Waals surface area contributed by atoms with Crippen molar-refractivity contribution in [1.29, 1.82) is 0 Å². The summed E-state index contributed by atoms with van der Waals surface area (Å²) >= 11 is 5.74. The number of nitro benzene ring substituents is 1. The summed E-state index contributed by atoms with van der Waals surface area (Å²) in [4.78, 5) is 22.4. The third-order valence-electron chi connectivity index (χ3n) is 3.23. The highest BCUT2D eigenvalue weighted by molar-refractivity contribution is 6.32. The van der Waals surface area contributed by atoms with Gasteiger partial charge in [-0.3, -0.25) is 14.9 Å². The lowest BCUT2D eigenvalue weighted by Gasteiger charge is -2.05. The number of nitro groups is 1. The molecular weight excluding hydrogens is 334 g/mol. The standard InChI is InChI=1S/C17H14ClNO5/c1-23-13-7-11(8-14(10-13)24-2)3-6-17(20)12-4-5-15(18)16(9-12)19(21)22/h3-10H,1-2H3/b6-3+. The Bertz CT molecular complexity index is 794. The highest BCUT2D eigenvalue weighted by Crippen LogP contribution is 2.26. The lowest BCUT2D eigenvalue weighted by molar-refractivity contribution is -0.384. The first kappa shape index (κ1) is 17.5. The van der Waals surface area contributed by atoms with E-state index in [2.05, 4.69) is 0 Å². The van der Waals surface area contributed by atoms with Gasteiger partial charge in [0.2, 0.25) is 0 Å². The number of benzene rings is 2. The summed E-state index contributed by atoms with van der Waals surface area (Å²) in [6, 6.07) is 9.10. The van der Waals surface area contributed by atoms with E-state index in [4.69, 9.17) is 21.1 Å². The number of ketones is 1. The van der Waals surface area contributed by atoms with Crippen molar-refractivity contribution < 1.29 is 19.2 Å². The number of rotatable bonds is 6. The second-order valence-electron chi connectivity index (χ2n) is 4.77. The Morgan fingerprint density at radius 1 is 1.12 bits per heavy atom. The molecule has 0 atom stereocenters. The van der Waals surface area contributed by atoms with Crippen LogP contribution in [0.5, 0.6) is 11.5 Å². The van der Waals surface area contributed by atoms with Crippen LogP contribution in [0.1, 0.15) is 15.9 Å². The van der Waals surface area contributed by atoms with Crippen molar-refractivity contribution in [3.63, 3.8) is 0 Å². The summed E-state index contributed by atoms with van der Waals surface area (Å²) in [7, 11) is 3.06. The number of nitrogens with zero attached hydrogens (tertiary/aromatic N) is 1. The van der Waals surface area contributed by atoms with Crippen molar-refractivity contribution >= 4 is 29.1 Å². The minimum Gasteiger partial charge on any atom is -0.497 e. The summed E-state index contributed by atoms with van der Waals surface area (Å²) in [6.45, 7) is 0. The molecule has 0 amide bonds. The molecule has 7 heteroatoms. The molecule has 0 aliphatic heterocycles. The Kier molecular flexibility index (Phi) is 5.55. The molecule has 0 bridgehead atoms. The van der Waals surface area contributed by atoms with Crippen LogP contribution in [0.25, 0.3) is 6.08 Å². The Morgan fingerprint density at radius 3 is 2.29 bits per heavy atom. The second kappa shape index (κ2) is 7.61.